The van der Waals surface area contributed by atoms with Crippen LogP contribution in [0.5, 0.6) is 6.01 Å². The molecule has 0 bridgehead atoms. The summed E-state index contributed by atoms with van der Waals surface area (Å²) >= 11 is 1.92. The lowest BCUT2D eigenvalue weighted by Gasteiger charge is -2.14. The van der Waals surface area contributed by atoms with Crippen molar-refractivity contribution < 1.29 is 4.74 Å². The normalized spacial score (nSPS) is 22.7. The van der Waals surface area contributed by atoms with Crippen molar-refractivity contribution in [1.82, 2.24) is 15.0 Å². The second kappa shape index (κ2) is 6.27. The Bertz CT molecular complexity index is 429. The molecule has 0 spiro atoms. The third kappa shape index (κ3) is 4.12. The van der Waals surface area contributed by atoms with Crippen molar-refractivity contribution in [3.8, 4) is 6.01 Å². The monoisotopic (exact) mass is 283 g/mol. The van der Waals surface area contributed by atoms with Crippen molar-refractivity contribution in [3.63, 3.8) is 0 Å². The fraction of sp³-hybridized carbons (Fsp3) is 0.750. The molecule has 2 atom stereocenters. The Morgan fingerprint density at radius 3 is 2.74 bits per heavy atom. The molecule has 7 heteroatoms. The molecule has 1 heterocycles. The molecule has 106 valence electrons. The molecule has 1 aliphatic carbocycles. The van der Waals surface area contributed by atoms with Gasteiger partial charge in [-0.1, -0.05) is 0 Å². The molecular weight excluding hydrogens is 262 g/mol. The maximum atomic E-state index is 5.68. The number of hydrogen-bond donors (Lipinski definition) is 2. The van der Waals surface area contributed by atoms with Gasteiger partial charge in [-0.3, -0.25) is 0 Å². The Labute approximate surface area is 117 Å². The topological polar surface area (TPSA) is 86.0 Å². The zero-order chi connectivity index (χ0) is 13.8. The van der Waals surface area contributed by atoms with Crippen molar-refractivity contribution in [3.05, 3.63) is 0 Å². The van der Waals surface area contributed by atoms with Crippen LogP contribution in [0, 0.1) is 0 Å². The van der Waals surface area contributed by atoms with Crippen molar-refractivity contribution in [2.45, 2.75) is 50.5 Å². The van der Waals surface area contributed by atoms with Crippen molar-refractivity contribution >= 4 is 23.7 Å². The van der Waals surface area contributed by atoms with E-state index in [2.05, 4.69) is 26.5 Å². The average Bonchev–Trinajstić information content (AvgIpc) is 2.74. The van der Waals surface area contributed by atoms with Gasteiger partial charge in [-0.15, -0.1) is 0 Å². The molecule has 1 fully saturated rings. The number of rotatable bonds is 5. The SMILES string of the molecule is CSC1CCC(Nc2nc(N)nc(OC(C)C)n2)C1. The molecule has 6 nitrogen and oxygen atoms in total. The van der Waals surface area contributed by atoms with Crippen LogP contribution < -0.4 is 15.8 Å². The highest BCUT2D eigenvalue weighted by Gasteiger charge is 2.24. The van der Waals surface area contributed by atoms with Crippen LogP contribution in [-0.4, -0.2) is 38.6 Å². The lowest BCUT2D eigenvalue weighted by molar-refractivity contribution is 0.222. The van der Waals surface area contributed by atoms with E-state index in [4.69, 9.17) is 10.5 Å². The highest BCUT2D eigenvalue weighted by atomic mass is 32.2. The molecule has 3 N–H and O–H groups in total. The van der Waals surface area contributed by atoms with Crippen LogP contribution in [0.25, 0.3) is 0 Å². The molecule has 0 saturated heterocycles. The zero-order valence-electron chi connectivity index (χ0n) is 11.6. The highest BCUT2D eigenvalue weighted by Crippen LogP contribution is 2.29. The molecule has 1 aromatic heterocycles. The Morgan fingerprint density at radius 2 is 2.11 bits per heavy atom. The van der Waals surface area contributed by atoms with E-state index in [-0.39, 0.29) is 18.1 Å². The zero-order valence-corrected chi connectivity index (χ0v) is 12.4. The number of ether oxygens (including phenoxy) is 1. The van der Waals surface area contributed by atoms with Gasteiger partial charge in [0.15, 0.2) is 0 Å². The van der Waals surface area contributed by atoms with Gasteiger partial charge in [0.05, 0.1) is 6.10 Å². The molecule has 0 aliphatic heterocycles. The van der Waals surface area contributed by atoms with Gasteiger partial charge in [0.2, 0.25) is 11.9 Å². The van der Waals surface area contributed by atoms with E-state index in [0.717, 1.165) is 18.1 Å². The third-order valence-corrected chi connectivity index (χ3v) is 4.12. The fourth-order valence-corrected chi connectivity index (χ4v) is 2.96. The predicted molar refractivity (Wildman–Crippen MR) is 78.6 cm³/mol. The molecular formula is C12H21N5OS. The first-order chi connectivity index (χ1) is 9.06. The molecule has 1 saturated carbocycles. The number of hydrogen-bond acceptors (Lipinski definition) is 7. The molecule has 0 aromatic carbocycles. The van der Waals surface area contributed by atoms with Gasteiger partial charge < -0.3 is 15.8 Å². The van der Waals surface area contributed by atoms with Crippen molar-refractivity contribution in [1.29, 1.82) is 0 Å². The summed E-state index contributed by atoms with van der Waals surface area (Å²) in [6, 6.07) is 0.690. The second-order valence-corrected chi connectivity index (χ2v) is 6.12. The van der Waals surface area contributed by atoms with Gasteiger partial charge in [-0.25, -0.2) is 0 Å². The van der Waals surface area contributed by atoms with Gasteiger partial charge in [-0.05, 0) is 39.4 Å². The number of nitrogens with zero attached hydrogens (tertiary/aromatic N) is 3. The summed E-state index contributed by atoms with van der Waals surface area (Å²) in [5.41, 5.74) is 5.68. The maximum Gasteiger partial charge on any atom is 0.323 e. The number of thioether (sulfide) groups is 1. The van der Waals surface area contributed by atoms with Gasteiger partial charge in [0.25, 0.3) is 0 Å². The van der Waals surface area contributed by atoms with E-state index in [0.29, 0.717) is 12.0 Å². The minimum atomic E-state index is 0.0157. The molecule has 2 rings (SSSR count). The largest absolute Gasteiger partial charge is 0.461 e. The van der Waals surface area contributed by atoms with Crippen LogP contribution in [0.3, 0.4) is 0 Å². The van der Waals surface area contributed by atoms with Crippen molar-refractivity contribution in [2.75, 3.05) is 17.3 Å². The van der Waals surface area contributed by atoms with E-state index in [9.17, 15) is 0 Å². The summed E-state index contributed by atoms with van der Waals surface area (Å²) in [4.78, 5) is 12.3. The number of nitrogen functional groups attached to an aromatic ring is 1. The molecule has 19 heavy (non-hydrogen) atoms. The van der Waals surface area contributed by atoms with Crippen LogP contribution in [0.15, 0.2) is 0 Å². The van der Waals surface area contributed by atoms with E-state index in [1.807, 2.05) is 25.6 Å². The number of nitrogens with one attached hydrogen (secondary N) is 1. The van der Waals surface area contributed by atoms with Crippen LogP contribution in [0.2, 0.25) is 0 Å². The summed E-state index contributed by atoms with van der Waals surface area (Å²) in [7, 11) is 0. The minimum absolute atomic E-state index is 0.0157. The van der Waals surface area contributed by atoms with Gasteiger partial charge in [0, 0.05) is 11.3 Å². The number of anilines is 2. The first kappa shape index (κ1) is 14.2. The summed E-state index contributed by atoms with van der Waals surface area (Å²) < 4.78 is 5.46. The Hall–Kier alpha value is -1.24. The molecule has 0 amide bonds. The van der Waals surface area contributed by atoms with E-state index >= 15 is 0 Å². The van der Waals surface area contributed by atoms with Crippen LogP contribution in [-0.2, 0) is 0 Å². The van der Waals surface area contributed by atoms with E-state index < -0.39 is 0 Å². The minimum Gasteiger partial charge on any atom is -0.461 e. The smallest absolute Gasteiger partial charge is 0.323 e. The standard InChI is InChI=1S/C12H21N5OS/c1-7(2)18-12-16-10(13)15-11(17-12)14-8-4-5-9(6-8)19-3/h7-9H,4-6H2,1-3H3,(H3,13,14,15,16,17). The lowest BCUT2D eigenvalue weighted by atomic mass is 10.2. The van der Waals surface area contributed by atoms with Crippen LogP contribution in [0.4, 0.5) is 11.9 Å². The lowest BCUT2D eigenvalue weighted by Crippen LogP contribution is -2.19. The second-order valence-electron chi connectivity index (χ2n) is 4.98. The first-order valence-corrected chi connectivity index (χ1v) is 7.83. The molecule has 1 aliphatic rings. The first-order valence-electron chi connectivity index (χ1n) is 6.54. The van der Waals surface area contributed by atoms with Gasteiger partial charge in [-0.2, -0.15) is 26.7 Å². The predicted octanol–water partition coefficient (Wildman–Crippen LogP) is 1.94. The quantitative estimate of drug-likeness (QED) is 0.854. The summed E-state index contributed by atoms with van der Waals surface area (Å²) in [5, 5.41) is 4.05. The molecule has 0 radical (unpaired) electrons. The Balaban J connectivity index is 2.02. The van der Waals surface area contributed by atoms with E-state index in [1.54, 1.807) is 0 Å². The average molecular weight is 283 g/mol. The van der Waals surface area contributed by atoms with Gasteiger partial charge >= 0.3 is 6.01 Å². The third-order valence-electron chi connectivity index (χ3n) is 3.02. The van der Waals surface area contributed by atoms with Crippen molar-refractivity contribution in [2.24, 2.45) is 0 Å². The summed E-state index contributed by atoms with van der Waals surface area (Å²) in [6.45, 7) is 3.85. The number of aromatic nitrogens is 3. The Kier molecular flexibility index (Phi) is 4.68. The van der Waals surface area contributed by atoms with Gasteiger partial charge in [0.1, 0.15) is 0 Å². The molecule has 1 aromatic rings. The van der Waals surface area contributed by atoms with Crippen LogP contribution >= 0.6 is 11.8 Å². The molecule has 2 unspecified atom stereocenters. The highest BCUT2D eigenvalue weighted by molar-refractivity contribution is 7.99. The number of nitrogens with two attached hydrogens (primary N) is 1. The fourth-order valence-electron chi connectivity index (χ4n) is 2.17. The summed E-state index contributed by atoms with van der Waals surface area (Å²) in [6.07, 6.45) is 5.67. The maximum absolute atomic E-state index is 5.68. The Morgan fingerprint density at radius 1 is 1.32 bits per heavy atom. The summed E-state index contributed by atoms with van der Waals surface area (Å²) in [5.74, 6) is 0.697. The van der Waals surface area contributed by atoms with E-state index in [1.165, 1.54) is 6.42 Å². The van der Waals surface area contributed by atoms with Crippen LogP contribution in [0.1, 0.15) is 33.1 Å².